The Hall–Kier alpha value is -3.17. The first kappa shape index (κ1) is 27.9. The van der Waals surface area contributed by atoms with Gasteiger partial charge in [-0.1, -0.05) is 31.5 Å². The molecule has 1 saturated heterocycles. The van der Waals surface area contributed by atoms with Crippen LogP contribution in [0.5, 0.6) is 5.75 Å². The molecule has 3 atom stereocenters. The van der Waals surface area contributed by atoms with Gasteiger partial charge < -0.3 is 24.4 Å². The van der Waals surface area contributed by atoms with E-state index in [1.165, 1.54) is 6.07 Å². The molecule has 0 aliphatic carbocycles. The first-order valence-electron chi connectivity index (χ1n) is 13.7. The Morgan fingerprint density at radius 1 is 1.16 bits per heavy atom. The first-order chi connectivity index (χ1) is 18.4. The van der Waals surface area contributed by atoms with E-state index in [-0.39, 0.29) is 30.5 Å². The minimum absolute atomic E-state index is 0.0132. The van der Waals surface area contributed by atoms with Crippen LogP contribution in [-0.2, 0) is 22.6 Å². The molecule has 0 spiro atoms. The summed E-state index contributed by atoms with van der Waals surface area (Å²) in [5.41, 5.74) is 1.90. The molecule has 0 bridgehead atoms. The number of benzene rings is 1. The fraction of sp³-hybridized carbons (Fsp3) is 0.552. The summed E-state index contributed by atoms with van der Waals surface area (Å²) in [6, 6.07) is 10.5. The minimum atomic E-state index is -0.893. The van der Waals surface area contributed by atoms with Gasteiger partial charge in [0.1, 0.15) is 5.75 Å². The SMILES string of the molecule is CCCCN(CCCO)C(=O)CN1C[C@H](c2ccc3c(c2)CCO3)C(C(=O)O)[C@@H]1CCn1ccccc1=O. The second-order valence-electron chi connectivity index (χ2n) is 10.3. The van der Waals surface area contributed by atoms with Crippen LogP contribution < -0.4 is 10.3 Å². The number of hydrogen-bond acceptors (Lipinski definition) is 6. The first-order valence-corrected chi connectivity index (χ1v) is 13.7. The third-order valence-electron chi connectivity index (χ3n) is 7.80. The highest BCUT2D eigenvalue weighted by Gasteiger charge is 2.47. The molecule has 0 radical (unpaired) electrons. The lowest BCUT2D eigenvalue weighted by Gasteiger charge is -2.30. The maximum Gasteiger partial charge on any atom is 0.308 e. The third kappa shape index (κ3) is 6.45. The average Bonchev–Trinajstić information content (AvgIpc) is 3.52. The molecule has 0 saturated carbocycles. The number of aliphatic hydroxyl groups excluding tert-OH is 1. The van der Waals surface area contributed by atoms with E-state index >= 15 is 0 Å². The van der Waals surface area contributed by atoms with E-state index in [9.17, 15) is 24.6 Å². The van der Waals surface area contributed by atoms with Crippen LogP contribution in [0.1, 0.15) is 49.7 Å². The van der Waals surface area contributed by atoms with E-state index in [2.05, 4.69) is 13.0 Å². The summed E-state index contributed by atoms with van der Waals surface area (Å²) < 4.78 is 7.24. The van der Waals surface area contributed by atoms with Crippen LogP contribution in [-0.4, -0.2) is 81.9 Å². The van der Waals surface area contributed by atoms with Gasteiger partial charge in [0.2, 0.25) is 11.5 Å². The molecule has 1 fully saturated rings. The fourth-order valence-corrected chi connectivity index (χ4v) is 5.79. The highest BCUT2D eigenvalue weighted by molar-refractivity contribution is 5.79. The molecule has 1 aromatic carbocycles. The summed E-state index contributed by atoms with van der Waals surface area (Å²) in [6.07, 6.45) is 5.27. The normalized spacial score (nSPS) is 20.7. The number of likely N-dealkylation sites (tertiary alicyclic amines) is 1. The topological polar surface area (TPSA) is 112 Å². The second kappa shape index (κ2) is 13.1. The smallest absolute Gasteiger partial charge is 0.308 e. The Kier molecular flexibility index (Phi) is 9.58. The molecule has 38 heavy (non-hydrogen) atoms. The van der Waals surface area contributed by atoms with E-state index in [0.29, 0.717) is 45.6 Å². The predicted octanol–water partition coefficient (Wildman–Crippen LogP) is 2.35. The molecule has 9 heteroatoms. The Bertz CT molecular complexity index is 1160. The maximum atomic E-state index is 13.4. The van der Waals surface area contributed by atoms with Gasteiger partial charge in [0, 0.05) is 63.4 Å². The van der Waals surface area contributed by atoms with Crippen molar-refractivity contribution in [2.24, 2.45) is 5.92 Å². The van der Waals surface area contributed by atoms with Crippen LogP contribution in [0.2, 0.25) is 0 Å². The van der Waals surface area contributed by atoms with Gasteiger partial charge in [0.05, 0.1) is 19.1 Å². The van der Waals surface area contributed by atoms with Gasteiger partial charge in [0.25, 0.3) is 0 Å². The highest BCUT2D eigenvalue weighted by Crippen LogP contribution is 2.41. The summed E-state index contributed by atoms with van der Waals surface area (Å²) in [7, 11) is 0. The third-order valence-corrected chi connectivity index (χ3v) is 7.80. The second-order valence-corrected chi connectivity index (χ2v) is 10.3. The number of ether oxygens (including phenoxy) is 1. The van der Waals surface area contributed by atoms with E-state index < -0.39 is 17.9 Å². The predicted molar refractivity (Wildman–Crippen MR) is 143 cm³/mol. The fourth-order valence-electron chi connectivity index (χ4n) is 5.79. The number of carbonyl (C=O) groups is 2. The van der Waals surface area contributed by atoms with Crippen LogP contribution in [0, 0.1) is 5.92 Å². The molecule has 1 aromatic heterocycles. The van der Waals surface area contributed by atoms with Crippen molar-refractivity contribution in [1.82, 2.24) is 14.4 Å². The number of hydrogen-bond donors (Lipinski definition) is 2. The molecule has 1 amide bonds. The van der Waals surface area contributed by atoms with Crippen LogP contribution in [0.25, 0.3) is 0 Å². The molecule has 2 N–H and O–H groups in total. The Morgan fingerprint density at radius 2 is 1.97 bits per heavy atom. The van der Waals surface area contributed by atoms with Gasteiger partial charge in [-0.25, -0.2) is 0 Å². The molecular formula is C29H39N3O6. The lowest BCUT2D eigenvalue weighted by atomic mass is 9.83. The van der Waals surface area contributed by atoms with Gasteiger partial charge in [-0.3, -0.25) is 19.3 Å². The standard InChI is InChI=1S/C29H39N3O6/c1-2-3-12-30(14-6-16-33)27(35)20-32-19-23(21-8-9-25-22(18-21)11-17-38-25)28(29(36)37)24(32)10-15-31-13-5-4-7-26(31)34/h4-5,7-9,13,18,23-24,28,33H,2-3,6,10-12,14-17,19-20H2,1H3,(H,36,37)/t23-,24+,28?/m1/s1. The molecule has 206 valence electrons. The van der Waals surface area contributed by atoms with Crippen molar-refractivity contribution >= 4 is 11.9 Å². The average molecular weight is 526 g/mol. The largest absolute Gasteiger partial charge is 0.493 e. The van der Waals surface area contributed by atoms with Crippen molar-refractivity contribution in [2.75, 3.05) is 39.4 Å². The number of carboxylic acids is 1. The molecule has 4 rings (SSSR count). The zero-order valence-electron chi connectivity index (χ0n) is 22.1. The van der Waals surface area contributed by atoms with Crippen LogP contribution in [0.15, 0.2) is 47.4 Å². The zero-order chi connectivity index (χ0) is 27.1. The molecule has 2 aromatic rings. The van der Waals surface area contributed by atoms with Gasteiger partial charge in [-0.05, 0) is 42.5 Å². The van der Waals surface area contributed by atoms with Crippen molar-refractivity contribution in [3.05, 3.63) is 64.1 Å². The number of carboxylic acid groups (broad SMARTS) is 1. The summed E-state index contributed by atoms with van der Waals surface area (Å²) >= 11 is 0. The van der Waals surface area contributed by atoms with Crippen LogP contribution in [0.4, 0.5) is 0 Å². The van der Waals surface area contributed by atoms with Gasteiger partial charge in [-0.15, -0.1) is 0 Å². The van der Waals surface area contributed by atoms with E-state index in [4.69, 9.17) is 4.74 Å². The lowest BCUT2D eigenvalue weighted by molar-refractivity contribution is -0.144. The number of carbonyl (C=O) groups excluding carboxylic acids is 1. The monoisotopic (exact) mass is 525 g/mol. The number of rotatable bonds is 13. The molecule has 1 unspecified atom stereocenters. The molecule has 2 aliphatic heterocycles. The van der Waals surface area contributed by atoms with Crippen molar-refractivity contribution in [2.45, 2.75) is 57.5 Å². The Morgan fingerprint density at radius 3 is 2.71 bits per heavy atom. The van der Waals surface area contributed by atoms with E-state index in [1.54, 1.807) is 27.8 Å². The number of nitrogens with zero attached hydrogens (tertiary/aromatic N) is 3. The summed E-state index contributed by atoms with van der Waals surface area (Å²) in [6.45, 7) is 4.72. The summed E-state index contributed by atoms with van der Waals surface area (Å²) in [4.78, 5) is 42.3. The number of aryl methyl sites for hydroxylation is 1. The quantitative estimate of drug-likeness (QED) is 0.413. The van der Waals surface area contributed by atoms with Crippen LogP contribution in [0.3, 0.4) is 0 Å². The Labute approximate surface area is 223 Å². The van der Waals surface area contributed by atoms with Crippen molar-refractivity contribution in [3.63, 3.8) is 0 Å². The minimum Gasteiger partial charge on any atom is -0.493 e. The molecular weight excluding hydrogens is 486 g/mol. The number of aromatic nitrogens is 1. The lowest BCUT2D eigenvalue weighted by Crippen LogP contribution is -2.45. The zero-order valence-corrected chi connectivity index (χ0v) is 22.1. The number of pyridine rings is 1. The number of fused-ring (bicyclic) bond motifs is 1. The molecule has 2 aliphatic rings. The number of unbranched alkanes of at least 4 members (excludes halogenated alkanes) is 1. The van der Waals surface area contributed by atoms with Crippen LogP contribution >= 0.6 is 0 Å². The van der Waals surface area contributed by atoms with Crippen molar-refractivity contribution < 1.29 is 24.5 Å². The highest BCUT2D eigenvalue weighted by atomic mass is 16.5. The van der Waals surface area contributed by atoms with Gasteiger partial charge in [-0.2, -0.15) is 0 Å². The van der Waals surface area contributed by atoms with E-state index in [0.717, 1.165) is 36.1 Å². The summed E-state index contributed by atoms with van der Waals surface area (Å²) in [5.74, 6) is -1.10. The number of aliphatic carboxylic acids is 1. The summed E-state index contributed by atoms with van der Waals surface area (Å²) in [5, 5.41) is 19.7. The van der Waals surface area contributed by atoms with Crippen molar-refractivity contribution in [1.29, 1.82) is 0 Å². The number of amides is 1. The number of aliphatic hydroxyl groups is 1. The maximum absolute atomic E-state index is 13.4. The van der Waals surface area contributed by atoms with Crippen molar-refractivity contribution in [3.8, 4) is 5.75 Å². The van der Waals surface area contributed by atoms with Gasteiger partial charge in [0.15, 0.2) is 0 Å². The molecule has 3 heterocycles. The van der Waals surface area contributed by atoms with Gasteiger partial charge >= 0.3 is 5.97 Å². The molecule has 9 nitrogen and oxygen atoms in total. The Balaban J connectivity index is 1.61. The van der Waals surface area contributed by atoms with E-state index in [1.807, 2.05) is 17.0 Å².